The maximum absolute atomic E-state index is 11.4. The molecule has 92 valence electrons. The molecule has 2 aliphatic heterocycles. The summed E-state index contributed by atoms with van der Waals surface area (Å²) in [5.74, 6) is -0.0964. The van der Waals surface area contributed by atoms with Crippen LogP contribution in [0.3, 0.4) is 0 Å². The molecule has 0 bridgehead atoms. The quantitative estimate of drug-likeness (QED) is 0.567. The molecule has 2 atom stereocenters. The monoisotopic (exact) mass is 248 g/mol. The molecule has 0 radical (unpaired) electrons. The Morgan fingerprint density at radius 2 is 1.75 bits per heavy atom. The number of amides is 1. The van der Waals surface area contributed by atoms with Crippen molar-refractivity contribution >= 4 is 16.2 Å². The van der Waals surface area contributed by atoms with Crippen LogP contribution < -0.4 is 0 Å². The maximum atomic E-state index is 11.4. The fraction of sp³-hybridized carbons (Fsp3) is 0.889. The van der Waals surface area contributed by atoms with Gasteiger partial charge in [0.25, 0.3) is 0 Å². The molecule has 6 nitrogen and oxygen atoms in total. The summed E-state index contributed by atoms with van der Waals surface area (Å²) >= 11 is 0. The van der Waals surface area contributed by atoms with Crippen LogP contribution in [0.1, 0.15) is 0 Å². The zero-order valence-electron chi connectivity index (χ0n) is 8.95. The number of aliphatic hydroxyl groups excluding tert-OH is 1. The van der Waals surface area contributed by atoms with Crippen LogP contribution in [-0.2, 0) is 14.6 Å². The van der Waals surface area contributed by atoms with Gasteiger partial charge in [-0.05, 0) is 0 Å². The number of hydrogen-bond acceptors (Lipinski definition) is 5. The van der Waals surface area contributed by atoms with Gasteiger partial charge in [0.05, 0.1) is 23.7 Å². The van der Waals surface area contributed by atoms with Gasteiger partial charge in [0.15, 0.2) is 9.84 Å². The fourth-order valence-electron chi connectivity index (χ4n) is 2.33. The lowest BCUT2D eigenvalue weighted by molar-refractivity contribution is -0.120. The summed E-state index contributed by atoms with van der Waals surface area (Å²) in [5.41, 5.74) is 0. The Balaban J connectivity index is 1.97. The summed E-state index contributed by atoms with van der Waals surface area (Å²) in [4.78, 5) is 14.1. The van der Waals surface area contributed by atoms with Crippen molar-refractivity contribution in [1.82, 2.24) is 9.80 Å². The highest BCUT2D eigenvalue weighted by atomic mass is 32.2. The summed E-state index contributed by atoms with van der Waals surface area (Å²) in [6.45, 7) is 2.48. The molecular formula is C9H16N2O4S. The fourth-order valence-corrected chi connectivity index (χ4v) is 4.17. The number of piperazine rings is 1. The second-order valence-corrected chi connectivity index (χ2v) is 6.54. The Bertz CT molecular complexity index is 362. The molecule has 1 N–H and O–H groups in total. The van der Waals surface area contributed by atoms with E-state index >= 15 is 0 Å². The molecule has 0 spiro atoms. The molecule has 16 heavy (non-hydrogen) atoms. The second kappa shape index (κ2) is 4.31. The first-order valence-electron chi connectivity index (χ1n) is 5.34. The van der Waals surface area contributed by atoms with Gasteiger partial charge in [-0.25, -0.2) is 8.42 Å². The third-order valence-electron chi connectivity index (χ3n) is 3.26. The van der Waals surface area contributed by atoms with Gasteiger partial charge in [-0.1, -0.05) is 0 Å². The number of hydrogen-bond donors (Lipinski definition) is 1. The standard InChI is InChI=1S/C9H16N2O4S/c12-7-10-1-3-11(4-2-10)8-5-16(14,15)6-9(8)13/h7-9,13H,1-6H2. The summed E-state index contributed by atoms with van der Waals surface area (Å²) in [6.07, 6.45) is 0.0203. The summed E-state index contributed by atoms with van der Waals surface area (Å²) in [5, 5.41) is 9.70. The number of rotatable bonds is 2. The van der Waals surface area contributed by atoms with Crippen LogP contribution in [0.25, 0.3) is 0 Å². The van der Waals surface area contributed by atoms with Crippen LogP contribution in [-0.4, -0.2) is 79.6 Å². The van der Waals surface area contributed by atoms with E-state index in [0.29, 0.717) is 26.2 Å². The molecule has 0 aromatic heterocycles. The van der Waals surface area contributed by atoms with Crippen LogP contribution in [0.2, 0.25) is 0 Å². The molecule has 1 amide bonds. The number of aliphatic hydroxyl groups is 1. The van der Waals surface area contributed by atoms with Gasteiger partial charge in [-0.2, -0.15) is 0 Å². The van der Waals surface area contributed by atoms with Crippen molar-refractivity contribution in [3.63, 3.8) is 0 Å². The minimum atomic E-state index is -3.09. The molecule has 0 aromatic carbocycles. The van der Waals surface area contributed by atoms with Crippen LogP contribution in [0.5, 0.6) is 0 Å². The van der Waals surface area contributed by atoms with E-state index in [1.807, 2.05) is 4.90 Å². The largest absolute Gasteiger partial charge is 0.390 e. The van der Waals surface area contributed by atoms with Crippen molar-refractivity contribution in [2.45, 2.75) is 12.1 Å². The van der Waals surface area contributed by atoms with E-state index in [1.54, 1.807) is 4.90 Å². The second-order valence-electron chi connectivity index (χ2n) is 4.39. The summed E-state index contributed by atoms with van der Waals surface area (Å²) in [7, 11) is -3.09. The third-order valence-corrected chi connectivity index (χ3v) is 4.96. The number of carbonyl (C=O) groups is 1. The molecule has 2 unspecified atom stereocenters. The van der Waals surface area contributed by atoms with Gasteiger partial charge in [-0.3, -0.25) is 9.69 Å². The Morgan fingerprint density at radius 3 is 2.19 bits per heavy atom. The highest BCUT2D eigenvalue weighted by molar-refractivity contribution is 7.91. The summed E-state index contributed by atoms with van der Waals surface area (Å²) < 4.78 is 22.7. The molecule has 2 heterocycles. The van der Waals surface area contributed by atoms with Gasteiger partial charge in [-0.15, -0.1) is 0 Å². The molecule has 0 aliphatic carbocycles. The zero-order chi connectivity index (χ0) is 11.8. The van der Waals surface area contributed by atoms with E-state index in [2.05, 4.69) is 0 Å². The predicted molar refractivity (Wildman–Crippen MR) is 57.7 cm³/mol. The lowest BCUT2D eigenvalue weighted by Gasteiger charge is -2.36. The maximum Gasteiger partial charge on any atom is 0.209 e. The van der Waals surface area contributed by atoms with Crippen molar-refractivity contribution < 1.29 is 18.3 Å². The van der Waals surface area contributed by atoms with Crippen molar-refractivity contribution in [3.05, 3.63) is 0 Å². The van der Waals surface area contributed by atoms with Crippen molar-refractivity contribution in [2.75, 3.05) is 37.7 Å². The first kappa shape index (κ1) is 11.8. The Morgan fingerprint density at radius 1 is 1.12 bits per heavy atom. The van der Waals surface area contributed by atoms with Crippen LogP contribution in [0, 0.1) is 0 Å². The number of carbonyl (C=O) groups excluding carboxylic acids is 1. The molecule has 0 aromatic rings. The van der Waals surface area contributed by atoms with Gasteiger partial charge < -0.3 is 10.0 Å². The minimum Gasteiger partial charge on any atom is -0.390 e. The Hall–Kier alpha value is -0.660. The van der Waals surface area contributed by atoms with Crippen LogP contribution >= 0.6 is 0 Å². The topological polar surface area (TPSA) is 77.9 Å². The predicted octanol–water partition coefficient (Wildman–Crippen LogP) is -2.08. The van der Waals surface area contributed by atoms with E-state index in [1.165, 1.54) is 0 Å². The molecule has 2 saturated heterocycles. The molecule has 7 heteroatoms. The van der Waals surface area contributed by atoms with E-state index in [4.69, 9.17) is 0 Å². The van der Waals surface area contributed by atoms with Crippen LogP contribution in [0.4, 0.5) is 0 Å². The lowest BCUT2D eigenvalue weighted by Crippen LogP contribution is -2.53. The Labute approximate surface area is 94.7 Å². The average Bonchev–Trinajstić information content (AvgIpc) is 2.52. The SMILES string of the molecule is O=CN1CCN(C2CS(=O)(=O)CC2O)CC1. The smallest absolute Gasteiger partial charge is 0.209 e. The molecule has 2 fully saturated rings. The van der Waals surface area contributed by atoms with Crippen molar-refractivity contribution in [3.8, 4) is 0 Å². The first-order chi connectivity index (χ1) is 7.52. The van der Waals surface area contributed by atoms with E-state index in [-0.39, 0.29) is 17.5 Å². The van der Waals surface area contributed by atoms with E-state index in [0.717, 1.165) is 6.41 Å². The molecule has 0 saturated carbocycles. The van der Waals surface area contributed by atoms with Gasteiger partial charge in [0.2, 0.25) is 6.41 Å². The minimum absolute atomic E-state index is 0.0370. The van der Waals surface area contributed by atoms with Gasteiger partial charge >= 0.3 is 0 Å². The van der Waals surface area contributed by atoms with Gasteiger partial charge in [0.1, 0.15) is 0 Å². The molecule has 2 aliphatic rings. The van der Waals surface area contributed by atoms with E-state index in [9.17, 15) is 18.3 Å². The lowest BCUT2D eigenvalue weighted by atomic mass is 10.1. The normalized spacial score (nSPS) is 35.2. The van der Waals surface area contributed by atoms with Crippen molar-refractivity contribution in [1.29, 1.82) is 0 Å². The average molecular weight is 248 g/mol. The van der Waals surface area contributed by atoms with Crippen molar-refractivity contribution in [2.24, 2.45) is 0 Å². The van der Waals surface area contributed by atoms with Gasteiger partial charge in [0, 0.05) is 26.2 Å². The highest BCUT2D eigenvalue weighted by Crippen LogP contribution is 2.19. The highest BCUT2D eigenvalue weighted by Gasteiger charge is 2.40. The molecule has 2 rings (SSSR count). The molecular weight excluding hydrogens is 232 g/mol. The summed E-state index contributed by atoms with van der Waals surface area (Å²) in [6, 6.07) is -0.293. The zero-order valence-corrected chi connectivity index (χ0v) is 9.77. The number of nitrogens with zero attached hydrogens (tertiary/aromatic N) is 2. The van der Waals surface area contributed by atoms with E-state index < -0.39 is 15.9 Å². The Kier molecular flexibility index (Phi) is 3.18. The van der Waals surface area contributed by atoms with Crippen LogP contribution in [0.15, 0.2) is 0 Å². The third kappa shape index (κ3) is 2.36. The number of sulfone groups is 1. The first-order valence-corrected chi connectivity index (χ1v) is 7.16.